The van der Waals surface area contributed by atoms with Crippen molar-refractivity contribution in [2.24, 2.45) is 5.73 Å². The molecule has 0 spiro atoms. The Bertz CT molecular complexity index is 615. The van der Waals surface area contributed by atoms with E-state index in [4.69, 9.17) is 23.1 Å². The van der Waals surface area contributed by atoms with E-state index in [1.807, 2.05) is 24.3 Å². The van der Waals surface area contributed by atoms with Gasteiger partial charge in [0.05, 0.1) is 10.7 Å². The Balaban J connectivity index is 1.72. The summed E-state index contributed by atoms with van der Waals surface area (Å²) in [4.78, 5) is 2.40. The fourth-order valence-corrected chi connectivity index (χ4v) is 3.20. The molecule has 2 aromatic rings. The summed E-state index contributed by atoms with van der Waals surface area (Å²) >= 11 is 6.13. The van der Waals surface area contributed by atoms with Crippen LogP contribution in [0.5, 0.6) is 0 Å². The minimum Gasteiger partial charge on any atom is -0.398 e. The maximum atomic E-state index is 6.33. The molecule has 4 heteroatoms. The lowest BCUT2D eigenvalue weighted by atomic mass is 9.95. The second-order valence-electron chi connectivity index (χ2n) is 5.73. The standard InChI is InChI=1S/C17H20ClN3/c18-15-8-13(6-7-16(15)19)14-10-21(11-17(14)20)9-12-4-2-1-3-5-12/h1-8,14,17H,9-11,19-20H2. The number of nitrogen functional groups attached to an aromatic ring is 1. The minimum absolute atomic E-state index is 0.133. The van der Waals surface area contributed by atoms with Gasteiger partial charge in [-0.3, -0.25) is 4.90 Å². The van der Waals surface area contributed by atoms with Crippen molar-refractivity contribution in [3.63, 3.8) is 0 Å². The molecular formula is C17H20ClN3. The topological polar surface area (TPSA) is 55.3 Å². The first kappa shape index (κ1) is 14.4. The molecule has 1 aliphatic heterocycles. The number of halogens is 1. The molecule has 110 valence electrons. The average Bonchev–Trinajstić information content (AvgIpc) is 2.84. The van der Waals surface area contributed by atoms with Gasteiger partial charge in [0.25, 0.3) is 0 Å². The molecule has 1 aliphatic rings. The molecule has 1 heterocycles. The van der Waals surface area contributed by atoms with Gasteiger partial charge in [-0.2, -0.15) is 0 Å². The number of hydrogen-bond acceptors (Lipinski definition) is 3. The molecule has 4 N–H and O–H groups in total. The van der Waals surface area contributed by atoms with Crippen molar-refractivity contribution in [3.05, 3.63) is 64.7 Å². The Labute approximate surface area is 130 Å². The van der Waals surface area contributed by atoms with Crippen molar-refractivity contribution in [2.45, 2.75) is 18.5 Å². The molecule has 0 radical (unpaired) electrons. The Morgan fingerprint density at radius 3 is 2.57 bits per heavy atom. The number of hydrogen-bond donors (Lipinski definition) is 2. The van der Waals surface area contributed by atoms with Crippen molar-refractivity contribution in [3.8, 4) is 0 Å². The number of benzene rings is 2. The first-order chi connectivity index (χ1) is 10.1. The number of nitrogens with zero attached hydrogens (tertiary/aromatic N) is 1. The summed E-state index contributed by atoms with van der Waals surface area (Å²) in [6.07, 6.45) is 0. The molecule has 2 aromatic carbocycles. The zero-order valence-electron chi connectivity index (χ0n) is 11.9. The highest BCUT2D eigenvalue weighted by Crippen LogP contribution is 2.31. The molecule has 3 nitrogen and oxygen atoms in total. The lowest BCUT2D eigenvalue weighted by molar-refractivity contribution is 0.324. The van der Waals surface area contributed by atoms with Crippen molar-refractivity contribution in [2.75, 3.05) is 18.8 Å². The van der Waals surface area contributed by atoms with Crippen LogP contribution in [0.15, 0.2) is 48.5 Å². The summed E-state index contributed by atoms with van der Waals surface area (Å²) in [6, 6.07) is 16.5. The van der Waals surface area contributed by atoms with E-state index in [1.165, 1.54) is 11.1 Å². The zero-order chi connectivity index (χ0) is 14.8. The van der Waals surface area contributed by atoms with Crippen LogP contribution in [0, 0.1) is 0 Å². The van der Waals surface area contributed by atoms with E-state index in [2.05, 4.69) is 29.2 Å². The van der Waals surface area contributed by atoms with Gasteiger partial charge in [0.15, 0.2) is 0 Å². The fourth-order valence-electron chi connectivity index (χ4n) is 3.01. The zero-order valence-corrected chi connectivity index (χ0v) is 12.6. The highest BCUT2D eigenvalue weighted by Gasteiger charge is 2.31. The van der Waals surface area contributed by atoms with Crippen LogP contribution >= 0.6 is 11.6 Å². The van der Waals surface area contributed by atoms with Crippen LogP contribution in [-0.2, 0) is 6.54 Å². The van der Waals surface area contributed by atoms with Gasteiger partial charge in [0.1, 0.15) is 0 Å². The lowest BCUT2D eigenvalue weighted by Gasteiger charge is -2.16. The predicted octanol–water partition coefficient (Wildman–Crippen LogP) is 2.85. The summed E-state index contributed by atoms with van der Waals surface area (Å²) in [5, 5.41) is 0.612. The second kappa shape index (κ2) is 6.06. The number of rotatable bonds is 3. The van der Waals surface area contributed by atoms with Crippen molar-refractivity contribution in [1.82, 2.24) is 4.90 Å². The SMILES string of the molecule is Nc1ccc(C2CN(Cc3ccccc3)CC2N)cc1Cl. The third-order valence-corrected chi connectivity index (χ3v) is 4.47. The monoisotopic (exact) mass is 301 g/mol. The van der Waals surface area contributed by atoms with Gasteiger partial charge in [-0.1, -0.05) is 48.0 Å². The number of anilines is 1. The molecular weight excluding hydrogens is 282 g/mol. The first-order valence-corrected chi connectivity index (χ1v) is 7.58. The first-order valence-electron chi connectivity index (χ1n) is 7.20. The molecule has 21 heavy (non-hydrogen) atoms. The van der Waals surface area contributed by atoms with Gasteiger partial charge in [-0.05, 0) is 23.3 Å². The summed E-state index contributed by atoms with van der Waals surface area (Å²) in [6.45, 7) is 2.80. The Hall–Kier alpha value is -1.55. The van der Waals surface area contributed by atoms with Gasteiger partial charge in [0.2, 0.25) is 0 Å². The van der Waals surface area contributed by atoms with Crippen molar-refractivity contribution < 1.29 is 0 Å². The van der Waals surface area contributed by atoms with E-state index in [0.717, 1.165) is 19.6 Å². The van der Waals surface area contributed by atoms with Gasteiger partial charge in [-0.15, -0.1) is 0 Å². The summed E-state index contributed by atoms with van der Waals surface area (Å²) in [5.74, 6) is 0.312. The van der Waals surface area contributed by atoms with Crippen LogP contribution in [0.3, 0.4) is 0 Å². The summed E-state index contributed by atoms with van der Waals surface area (Å²) in [7, 11) is 0. The molecule has 3 rings (SSSR count). The smallest absolute Gasteiger partial charge is 0.0638 e. The molecule has 2 atom stereocenters. The Morgan fingerprint density at radius 2 is 1.86 bits per heavy atom. The van der Waals surface area contributed by atoms with E-state index < -0.39 is 0 Å². The lowest BCUT2D eigenvalue weighted by Crippen LogP contribution is -2.28. The molecule has 0 saturated carbocycles. The van der Waals surface area contributed by atoms with Crippen LogP contribution in [0.25, 0.3) is 0 Å². The normalized spacial score (nSPS) is 22.6. The highest BCUT2D eigenvalue weighted by atomic mass is 35.5. The molecule has 2 unspecified atom stereocenters. The number of nitrogens with two attached hydrogens (primary N) is 2. The largest absolute Gasteiger partial charge is 0.398 e. The van der Waals surface area contributed by atoms with E-state index in [9.17, 15) is 0 Å². The van der Waals surface area contributed by atoms with Gasteiger partial charge in [0, 0.05) is 31.6 Å². The van der Waals surface area contributed by atoms with Crippen molar-refractivity contribution in [1.29, 1.82) is 0 Å². The maximum absolute atomic E-state index is 6.33. The second-order valence-corrected chi connectivity index (χ2v) is 6.14. The molecule has 0 aromatic heterocycles. The van der Waals surface area contributed by atoms with Crippen LogP contribution in [0.2, 0.25) is 5.02 Å². The van der Waals surface area contributed by atoms with Crippen LogP contribution in [0.4, 0.5) is 5.69 Å². The predicted molar refractivity (Wildman–Crippen MR) is 88.3 cm³/mol. The molecule has 1 saturated heterocycles. The quantitative estimate of drug-likeness (QED) is 0.857. The molecule has 0 aliphatic carbocycles. The number of likely N-dealkylation sites (tertiary alicyclic amines) is 1. The summed E-state index contributed by atoms with van der Waals surface area (Å²) < 4.78 is 0. The average molecular weight is 302 g/mol. The van der Waals surface area contributed by atoms with Gasteiger partial charge >= 0.3 is 0 Å². The maximum Gasteiger partial charge on any atom is 0.0638 e. The Morgan fingerprint density at radius 1 is 1.10 bits per heavy atom. The molecule has 1 fully saturated rings. The van der Waals surface area contributed by atoms with E-state index in [1.54, 1.807) is 0 Å². The van der Waals surface area contributed by atoms with Gasteiger partial charge < -0.3 is 11.5 Å². The van der Waals surface area contributed by atoms with Crippen LogP contribution in [-0.4, -0.2) is 24.0 Å². The van der Waals surface area contributed by atoms with E-state index in [-0.39, 0.29) is 6.04 Å². The third-order valence-electron chi connectivity index (χ3n) is 4.14. The van der Waals surface area contributed by atoms with E-state index in [0.29, 0.717) is 16.6 Å². The van der Waals surface area contributed by atoms with Crippen LogP contribution < -0.4 is 11.5 Å². The third kappa shape index (κ3) is 3.21. The Kier molecular flexibility index (Phi) is 4.15. The van der Waals surface area contributed by atoms with Crippen LogP contribution in [0.1, 0.15) is 17.0 Å². The highest BCUT2D eigenvalue weighted by molar-refractivity contribution is 6.33. The molecule has 0 amide bonds. The fraction of sp³-hybridized carbons (Fsp3) is 0.294. The van der Waals surface area contributed by atoms with E-state index >= 15 is 0 Å². The minimum atomic E-state index is 0.133. The summed E-state index contributed by atoms with van der Waals surface area (Å²) in [5.41, 5.74) is 15.2. The van der Waals surface area contributed by atoms with Gasteiger partial charge in [-0.25, -0.2) is 0 Å². The molecule has 0 bridgehead atoms. The van der Waals surface area contributed by atoms with Crippen molar-refractivity contribution >= 4 is 17.3 Å².